The van der Waals surface area contributed by atoms with Crippen LogP contribution in [0.5, 0.6) is 0 Å². The van der Waals surface area contributed by atoms with Crippen LogP contribution in [0.4, 0.5) is 4.39 Å². The molecule has 0 aliphatic carbocycles. The van der Waals surface area contributed by atoms with E-state index in [9.17, 15) is 4.39 Å². The van der Waals surface area contributed by atoms with E-state index in [-0.39, 0.29) is 11.9 Å². The monoisotopic (exact) mass is 322 g/mol. The van der Waals surface area contributed by atoms with Gasteiger partial charge in [-0.05, 0) is 65.6 Å². The first kappa shape index (κ1) is 14.2. The molecule has 1 heterocycles. The van der Waals surface area contributed by atoms with Gasteiger partial charge in [-0.3, -0.25) is 4.98 Å². The molecule has 100 valence electrons. The molecule has 1 aromatic carbocycles. The molecule has 2 nitrogen and oxygen atoms in total. The maximum absolute atomic E-state index is 13.2. The third-order valence-electron chi connectivity index (χ3n) is 3.15. The Labute approximate surface area is 121 Å². The first-order chi connectivity index (χ1) is 9.11. The van der Waals surface area contributed by atoms with Gasteiger partial charge in [0.15, 0.2) is 0 Å². The van der Waals surface area contributed by atoms with Gasteiger partial charge in [0.25, 0.3) is 0 Å². The van der Waals surface area contributed by atoms with E-state index in [0.717, 1.165) is 23.2 Å². The molecule has 4 heteroatoms. The van der Waals surface area contributed by atoms with Crippen molar-refractivity contribution in [3.05, 3.63) is 63.6 Å². The lowest BCUT2D eigenvalue weighted by molar-refractivity contribution is 0.570. The van der Waals surface area contributed by atoms with E-state index in [1.54, 1.807) is 6.20 Å². The van der Waals surface area contributed by atoms with Gasteiger partial charge in [0.1, 0.15) is 5.82 Å². The van der Waals surface area contributed by atoms with Crippen molar-refractivity contribution in [3.8, 4) is 0 Å². The fourth-order valence-electron chi connectivity index (χ4n) is 2.10. The lowest BCUT2D eigenvalue weighted by Crippen LogP contribution is -2.21. The van der Waals surface area contributed by atoms with Crippen LogP contribution in [0.3, 0.4) is 0 Å². The first-order valence-electron chi connectivity index (χ1n) is 6.14. The molecule has 0 fully saturated rings. The molecule has 0 aliphatic heterocycles. The molecule has 0 saturated heterocycles. The summed E-state index contributed by atoms with van der Waals surface area (Å²) < 4.78 is 13.7. The standard InChI is InChI=1S/C15H16BrFN2/c1-10-4-3-7-19-15(10)14(18-2)9-11-5-6-13(17)12(16)8-11/h3-8,14,18H,9H2,1-2H3. The van der Waals surface area contributed by atoms with Crippen molar-refractivity contribution < 1.29 is 4.39 Å². The number of aryl methyl sites for hydroxylation is 1. The van der Waals surface area contributed by atoms with E-state index in [1.807, 2.05) is 38.2 Å². The van der Waals surface area contributed by atoms with Gasteiger partial charge in [0.05, 0.1) is 16.2 Å². The molecule has 0 radical (unpaired) electrons. The zero-order valence-corrected chi connectivity index (χ0v) is 12.5. The quantitative estimate of drug-likeness (QED) is 0.926. The van der Waals surface area contributed by atoms with Crippen LogP contribution in [0.2, 0.25) is 0 Å². The highest BCUT2D eigenvalue weighted by Crippen LogP contribution is 2.22. The number of hydrogen-bond donors (Lipinski definition) is 1. The average molecular weight is 323 g/mol. The molecule has 0 bridgehead atoms. The fraction of sp³-hybridized carbons (Fsp3) is 0.267. The molecule has 2 aromatic rings. The van der Waals surface area contributed by atoms with E-state index in [4.69, 9.17) is 0 Å². The zero-order valence-electron chi connectivity index (χ0n) is 11.0. The fourth-order valence-corrected chi connectivity index (χ4v) is 2.53. The van der Waals surface area contributed by atoms with E-state index >= 15 is 0 Å². The van der Waals surface area contributed by atoms with E-state index in [1.165, 1.54) is 6.07 Å². The highest BCUT2D eigenvalue weighted by molar-refractivity contribution is 9.10. The van der Waals surface area contributed by atoms with Crippen LogP contribution < -0.4 is 5.32 Å². The van der Waals surface area contributed by atoms with E-state index in [2.05, 4.69) is 26.2 Å². The minimum absolute atomic E-state index is 0.124. The number of pyridine rings is 1. The number of nitrogens with zero attached hydrogens (tertiary/aromatic N) is 1. The molecular weight excluding hydrogens is 307 g/mol. The number of likely N-dealkylation sites (N-methyl/N-ethyl adjacent to an activating group) is 1. The van der Waals surface area contributed by atoms with Crippen LogP contribution in [0, 0.1) is 12.7 Å². The first-order valence-corrected chi connectivity index (χ1v) is 6.94. The number of hydrogen-bond acceptors (Lipinski definition) is 2. The smallest absolute Gasteiger partial charge is 0.137 e. The summed E-state index contributed by atoms with van der Waals surface area (Å²) in [5, 5.41) is 3.27. The third kappa shape index (κ3) is 3.39. The summed E-state index contributed by atoms with van der Waals surface area (Å²) in [6, 6.07) is 9.21. The summed E-state index contributed by atoms with van der Waals surface area (Å²) >= 11 is 3.22. The highest BCUT2D eigenvalue weighted by atomic mass is 79.9. The molecule has 0 saturated carbocycles. The average Bonchev–Trinajstić information content (AvgIpc) is 2.41. The topological polar surface area (TPSA) is 24.9 Å². The zero-order chi connectivity index (χ0) is 13.8. The lowest BCUT2D eigenvalue weighted by atomic mass is 10.00. The van der Waals surface area contributed by atoms with Gasteiger partial charge in [0, 0.05) is 6.20 Å². The van der Waals surface area contributed by atoms with Crippen LogP contribution in [-0.4, -0.2) is 12.0 Å². The Morgan fingerprint density at radius 2 is 2.16 bits per heavy atom. The molecule has 1 N–H and O–H groups in total. The Bertz CT molecular complexity index is 572. The summed E-state index contributed by atoms with van der Waals surface area (Å²) in [6.45, 7) is 2.05. The van der Waals surface area contributed by atoms with Crippen molar-refractivity contribution >= 4 is 15.9 Å². The third-order valence-corrected chi connectivity index (χ3v) is 3.76. The van der Waals surface area contributed by atoms with Crippen molar-refractivity contribution in [2.24, 2.45) is 0 Å². The summed E-state index contributed by atoms with van der Waals surface area (Å²) in [6.07, 6.45) is 2.57. The second kappa shape index (κ2) is 6.26. The molecule has 19 heavy (non-hydrogen) atoms. The molecule has 0 aliphatic rings. The van der Waals surface area contributed by atoms with Gasteiger partial charge in [-0.1, -0.05) is 12.1 Å². The van der Waals surface area contributed by atoms with Gasteiger partial charge in [-0.2, -0.15) is 0 Å². The van der Waals surface area contributed by atoms with Crippen molar-refractivity contribution in [2.75, 3.05) is 7.05 Å². The second-order valence-corrected chi connectivity index (χ2v) is 5.35. The molecule has 1 aromatic heterocycles. The Hall–Kier alpha value is -1.26. The molecule has 1 atom stereocenters. The van der Waals surface area contributed by atoms with Crippen molar-refractivity contribution in [1.29, 1.82) is 0 Å². The Balaban J connectivity index is 2.24. The Morgan fingerprint density at radius 1 is 1.37 bits per heavy atom. The number of nitrogens with one attached hydrogen (secondary N) is 1. The summed E-state index contributed by atoms with van der Waals surface area (Å²) in [4.78, 5) is 4.44. The van der Waals surface area contributed by atoms with Crippen LogP contribution in [-0.2, 0) is 6.42 Å². The highest BCUT2D eigenvalue weighted by Gasteiger charge is 2.14. The van der Waals surface area contributed by atoms with Gasteiger partial charge >= 0.3 is 0 Å². The molecule has 0 amide bonds. The SMILES string of the molecule is CNC(Cc1ccc(F)c(Br)c1)c1ncccc1C. The van der Waals surface area contributed by atoms with Crippen LogP contribution >= 0.6 is 15.9 Å². The van der Waals surface area contributed by atoms with E-state index < -0.39 is 0 Å². The van der Waals surface area contributed by atoms with Crippen LogP contribution in [0.25, 0.3) is 0 Å². The summed E-state index contributed by atoms with van der Waals surface area (Å²) in [7, 11) is 1.91. The maximum atomic E-state index is 13.2. The lowest BCUT2D eigenvalue weighted by Gasteiger charge is -2.18. The predicted octanol–water partition coefficient (Wildman–Crippen LogP) is 3.79. The second-order valence-electron chi connectivity index (χ2n) is 4.50. The Kier molecular flexibility index (Phi) is 4.66. The van der Waals surface area contributed by atoms with Gasteiger partial charge in [0.2, 0.25) is 0 Å². The summed E-state index contributed by atoms with van der Waals surface area (Å²) in [5.74, 6) is -0.237. The van der Waals surface area contributed by atoms with Crippen molar-refractivity contribution in [2.45, 2.75) is 19.4 Å². The minimum atomic E-state index is -0.237. The number of halogens is 2. The largest absolute Gasteiger partial charge is 0.311 e. The van der Waals surface area contributed by atoms with Gasteiger partial charge in [-0.15, -0.1) is 0 Å². The molecule has 0 spiro atoms. The number of benzene rings is 1. The predicted molar refractivity (Wildman–Crippen MR) is 78.6 cm³/mol. The molecule has 1 unspecified atom stereocenters. The minimum Gasteiger partial charge on any atom is -0.311 e. The van der Waals surface area contributed by atoms with Crippen LogP contribution in [0.15, 0.2) is 41.0 Å². The van der Waals surface area contributed by atoms with Crippen molar-refractivity contribution in [1.82, 2.24) is 10.3 Å². The normalized spacial score (nSPS) is 12.4. The van der Waals surface area contributed by atoms with Gasteiger partial charge < -0.3 is 5.32 Å². The van der Waals surface area contributed by atoms with E-state index in [0.29, 0.717) is 4.47 Å². The molecule has 2 rings (SSSR count). The Morgan fingerprint density at radius 3 is 2.79 bits per heavy atom. The summed E-state index contributed by atoms with van der Waals surface area (Å²) in [5.41, 5.74) is 3.26. The molecular formula is C15H16BrFN2. The number of rotatable bonds is 4. The van der Waals surface area contributed by atoms with Crippen LogP contribution in [0.1, 0.15) is 22.9 Å². The number of aromatic nitrogens is 1. The maximum Gasteiger partial charge on any atom is 0.137 e. The van der Waals surface area contributed by atoms with Gasteiger partial charge in [-0.25, -0.2) is 4.39 Å². The van der Waals surface area contributed by atoms with Crippen molar-refractivity contribution in [3.63, 3.8) is 0 Å².